The molecule has 1 radical (unpaired) electrons. The van der Waals surface area contributed by atoms with Crippen LogP contribution in [0.4, 0.5) is 0 Å². The van der Waals surface area contributed by atoms with E-state index in [0.29, 0.717) is 25.2 Å². The van der Waals surface area contributed by atoms with Crippen LogP contribution in [0, 0.1) is 6.07 Å². The highest BCUT2D eigenvalue weighted by Gasteiger charge is 2.03. The smallest absolute Gasteiger partial charge is 0.264 e. The molecule has 1 N–H and O–H groups in total. The van der Waals surface area contributed by atoms with Gasteiger partial charge < -0.3 is 4.74 Å². The van der Waals surface area contributed by atoms with Crippen molar-refractivity contribution in [1.29, 1.82) is 0 Å². The van der Waals surface area contributed by atoms with Gasteiger partial charge in [-0.3, -0.25) is 4.55 Å². The molecule has 1 aromatic rings. The first kappa shape index (κ1) is 12.0. The van der Waals surface area contributed by atoms with Gasteiger partial charge in [-0.15, -0.1) is 0 Å². The molecule has 4 nitrogen and oxygen atoms in total. The summed E-state index contributed by atoms with van der Waals surface area (Å²) in [7, 11) is -3.83. The Labute approximate surface area is 89.6 Å². The first-order valence-electron chi connectivity index (χ1n) is 4.62. The maximum atomic E-state index is 10.4. The third kappa shape index (κ3) is 6.09. The van der Waals surface area contributed by atoms with Crippen molar-refractivity contribution < 1.29 is 17.7 Å². The Morgan fingerprint density at radius 2 is 2.13 bits per heavy atom. The number of unbranched alkanes of at least 4 members (excludes halogenated alkanes) is 1. The molecule has 0 unspecified atom stereocenters. The molecule has 0 aliphatic carbocycles. The Morgan fingerprint density at radius 3 is 2.73 bits per heavy atom. The standard InChI is InChI=1S/C10H13O4S/c11-15(12,13)9-5-4-8-14-10-6-2-1-3-7-10/h1-3,6H,4-5,8-9H2,(H,11,12,13). The van der Waals surface area contributed by atoms with Crippen LogP contribution in [0.15, 0.2) is 24.3 Å². The molecule has 1 aromatic carbocycles. The summed E-state index contributed by atoms with van der Waals surface area (Å²) in [5.74, 6) is 0.429. The lowest BCUT2D eigenvalue weighted by molar-refractivity contribution is 0.308. The van der Waals surface area contributed by atoms with Crippen molar-refractivity contribution in [3.05, 3.63) is 30.3 Å². The third-order valence-corrected chi connectivity index (χ3v) is 2.54. The largest absolute Gasteiger partial charge is 0.493 e. The van der Waals surface area contributed by atoms with Gasteiger partial charge in [0.05, 0.1) is 12.4 Å². The Bertz CT molecular complexity index is 372. The van der Waals surface area contributed by atoms with Crippen molar-refractivity contribution in [2.75, 3.05) is 12.4 Å². The van der Waals surface area contributed by atoms with Crippen LogP contribution in [-0.4, -0.2) is 25.3 Å². The minimum atomic E-state index is -3.83. The van der Waals surface area contributed by atoms with E-state index in [4.69, 9.17) is 9.29 Å². The highest BCUT2D eigenvalue weighted by Crippen LogP contribution is 2.07. The van der Waals surface area contributed by atoms with Gasteiger partial charge in [-0.05, 0) is 18.9 Å². The summed E-state index contributed by atoms with van der Waals surface area (Å²) in [4.78, 5) is 0. The zero-order valence-corrected chi connectivity index (χ0v) is 9.03. The minimum absolute atomic E-state index is 0.213. The molecule has 0 fully saturated rings. The lowest BCUT2D eigenvalue weighted by Crippen LogP contribution is -2.06. The van der Waals surface area contributed by atoms with Crippen LogP contribution in [0.25, 0.3) is 0 Å². The van der Waals surface area contributed by atoms with Gasteiger partial charge in [-0.2, -0.15) is 8.42 Å². The van der Waals surface area contributed by atoms with Crippen molar-refractivity contribution in [2.45, 2.75) is 12.8 Å². The van der Waals surface area contributed by atoms with Crippen molar-refractivity contribution in [3.8, 4) is 5.75 Å². The van der Waals surface area contributed by atoms with E-state index in [9.17, 15) is 8.42 Å². The van der Waals surface area contributed by atoms with Crippen molar-refractivity contribution in [2.24, 2.45) is 0 Å². The van der Waals surface area contributed by atoms with Gasteiger partial charge in [0, 0.05) is 6.07 Å². The van der Waals surface area contributed by atoms with Crippen LogP contribution >= 0.6 is 0 Å². The average Bonchev–Trinajstić information content (AvgIpc) is 2.17. The second-order valence-electron chi connectivity index (χ2n) is 3.07. The molecule has 83 valence electrons. The monoisotopic (exact) mass is 229 g/mol. The van der Waals surface area contributed by atoms with Crippen LogP contribution in [0.2, 0.25) is 0 Å². The van der Waals surface area contributed by atoms with Gasteiger partial charge in [0.2, 0.25) is 0 Å². The van der Waals surface area contributed by atoms with E-state index in [0.717, 1.165) is 0 Å². The zero-order valence-electron chi connectivity index (χ0n) is 8.22. The van der Waals surface area contributed by atoms with E-state index in [1.807, 2.05) is 12.1 Å². The zero-order chi connectivity index (χ0) is 11.1. The van der Waals surface area contributed by atoms with Gasteiger partial charge in [0.15, 0.2) is 0 Å². The Balaban J connectivity index is 2.13. The van der Waals surface area contributed by atoms with Crippen molar-refractivity contribution in [3.63, 3.8) is 0 Å². The molecule has 0 heterocycles. The molecule has 5 heteroatoms. The summed E-state index contributed by atoms with van der Waals surface area (Å²) >= 11 is 0. The van der Waals surface area contributed by atoms with Gasteiger partial charge >= 0.3 is 0 Å². The van der Waals surface area contributed by atoms with Crippen LogP contribution in [0.3, 0.4) is 0 Å². The molecule has 0 atom stereocenters. The van der Waals surface area contributed by atoms with E-state index >= 15 is 0 Å². The van der Waals surface area contributed by atoms with Crippen molar-refractivity contribution in [1.82, 2.24) is 0 Å². The predicted octanol–water partition coefficient (Wildman–Crippen LogP) is 1.53. The second-order valence-corrected chi connectivity index (χ2v) is 4.64. The van der Waals surface area contributed by atoms with E-state index < -0.39 is 10.1 Å². The molecule has 15 heavy (non-hydrogen) atoms. The van der Waals surface area contributed by atoms with E-state index in [1.54, 1.807) is 12.1 Å². The maximum Gasteiger partial charge on any atom is 0.264 e. The Hall–Kier alpha value is -1.07. The SMILES string of the molecule is O=S(=O)(O)CCCCOc1[c]cccc1. The number of hydrogen-bond acceptors (Lipinski definition) is 3. The normalized spacial score (nSPS) is 11.3. The third-order valence-electron chi connectivity index (χ3n) is 1.73. The number of ether oxygens (including phenoxy) is 1. The molecule has 0 spiro atoms. The molecule has 0 aromatic heterocycles. The Kier molecular flexibility index (Phi) is 4.58. The summed E-state index contributed by atoms with van der Waals surface area (Å²) in [5, 5.41) is 0. The maximum absolute atomic E-state index is 10.4. The summed E-state index contributed by atoms with van der Waals surface area (Å²) in [6.45, 7) is 0.427. The van der Waals surface area contributed by atoms with E-state index in [1.165, 1.54) is 0 Å². The molecule has 0 saturated heterocycles. The predicted molar refractivity (Wildman–Crippen MR) is 56.4 cm³/mol. The second kappa shape index (κ2) is 5.72. The van der Waals surface area contributed by atoms with Gasteiger partial charge in [0.1, 0.15) is 5.75 Å². The van der Waals surface area contributed by atoms with E-state index in [-0.39, 0.29) is 5.75 Å². The number of benzene rings is 1. The quantitative estimate of drug-likeness (QED) is 0.593. The van der Waals surface area contributed by atoms with Crippen LogP contribution in [0.5, 0.6) is 5.75 Å². The lowest BCUT2D eigenvalue weighted by atomic mass is 10.3. The first-order chi connectivity index (χ1) is 7.08. The highest BCUT2D eigenvalue weighted by atomic mass is 32.2. The van der Waals surface area contributed by atoms with Gasteiger partial charge in [0.25, 0.3) is 10.1 Å². The fraction of sp³-hybridized carbons (Fsp3) is 0.400. The Morgan fingerprint density at radius 1 is 1.33 bits per heavy atom. The molecule has 0 aliphatic heterocycles. The van der Waals surface area contributed by atoms with Gasteiger partial charge in [-0.1, -0.05) is 18.2 Å². The molecule has 0 amide bonds. The van der Waals surface area contributed by atoms with Crippen molar-refractivity contribution >= 4 is 10.1 Å². The molecule has 0 bridgehead atoms. The first-order valence-corrected chi connectivity index (χ1v) is 6.23. The summed E-state index contributed by atoms with van der Waals surface area (Å²) in [6, 6.07) is 10.1. The summed E-state index contributed by atoms with van der Waals surface area (Å²) in [5.41, 5.74) is 0. The number of para-hydroxylation sites is 1. The molecular weight excluding hydrogens is 216 g/mol. The van der Waals surface area contributed by atoms with E-state index in [2.05, 4.69) is 6.07 Å². The highest BCUT2D eigenvalue weighted by molar-refractivity contribution is 7.85. The molecule has 0 aliphatic rings. The topological polar surface area (TPSA) is 63.6 Å². The molecular formula is C10H13O4S. The van der Waals surface area contributed by atoms with Crippen LogP contribution in [-0.2, 0) is 10.1 Å². The molecule has 0 saturated carbocycles. The fourth-order valence-corrected chi connectivity index (χ4v) is 1.60. The fourth-order valence-electron chi connectivity index (χ4n) is 1.04. The average molecular weight is 229 g/mol. The minimum Gasteiger partial charge on any atom is -0.493 e. The number of rotatable bonds is 6. The summed E-state index contributed by atoms with van der Waals surface area (Å²) in [6.07, 6.45) is 0.980. The van der Waals surface area contributed by atoms with Crippen LogP contribution < -0.4 is 4.74 Å². The number of hydrogen-bond donors (Lipinski definition) is 1. The molecule has 1 rings (SSSR count). The lowest BCUT2D eigenvalue weighted by Gasteiger charge is -2.04. The summed E-state index contributed by atoms with van der Waals surface area (Å²) < 4.78 is 34.5. The van der Waals surface area contributed by atoms with Gasteiger partial charge in [-0.25, -0.2) is 0 Å². The van der Waals surface area contributed by atoms with Crippen LogP contribution in [0.1, 0.15) is 12.8 Å².